The van der Waals surface area contributed by atoms with Crippen molar-refractivity contribution in [3.8, 4) is 0 Å². The lowest BCUT2D eigenvalue weighted by molar-refractivity contribution is 0.506. The van der Waals surface area contributed by atoms with E-state index in [2.05, 4.69) is 45.0 Å². The zero-order valence-electron chi connectivity index (χ0n) is 14.2. The van der Waals surface area contributed by atoms with Gasteiger partial charge in [-0.2, -0.15) is 0 Å². The van der Waals surface area contributed by atoms with Gasteiger partial charge in [0, 0.05) is 35.5 Å². The summed E-state index contributed by atoms with van der Waals surface area (Å²) in [5.74, 6) is 1.79. The molecule has 3 heterocycles. The summed E-state index contributed by atoms with van der Waals surface area (Å²) in [5.41, 5.74) is 0. The highest BCUT2D eigenvalue weighted by Gasteiger charge is 2.03. The molecule has 0 aliphatic rings. The predicted molar refractivity (Wildman–Crippen MR) is 104 cm³/mol. The van der Waals surface area contributed by atoms with Gasteiger partial charge in [0.2, 0.25) is 0 Å². The summed E-state index contributed by atoms with van der Waals surface area (Å²) >= 11 is 3.47. The minimum absolute atomic E-state index is 0.591. The summed E-state index contributed by atoms with van der Waals surface area (Å²) in [6.07, 6.45) is 5.42. The van der Waals surface area contributed by atoms with Gasteiger partial charge in [-0.15, -0.1) is 22.7 Å². The van der Waals surface area contributed by atoms with Crippen LogP contribution in [0.5, 0.6) is 0 Å². The molecule has 2 N–H and O–H groups in total. The minimum atomic E-state index is 0.591. The molecular weight excluding hydrogens is 352 g/mol. The Morgan fingerprint density at radius 2 is 2.08 bits per heavy atom. The van der Waals surface area contributed by atoms with Gasteiger partial charge in [0.15, 0.2) is 5.96 Å². The standard InChI is InChI=1S/C18H22N4OS2/c1-14-12-21-17(25-14)13-22-18(19-8-6-15-4-2-10-23-15)20-9-7-16-5-3-11-24-16/h2-5,10-12H,6-9,13H2,1H3,(H2,19,20,22). The van der Waals surface area contributed by atoms with E-state index in [1.54, 1.807) is 28.9 Å². The third kappa shape index (κ3) is 6.03. The second-order valence-electron chi connectivity index (χ2n) is 5.54. The van der Waals surface area contributed by atoms with Crippen molar-refractivity contribution in [2.24, 2.45) is 4.99 Å². The van der Waals surface area contributed by atoms with Crippen molar-refractivity contribution in [1.82, 2.24) is 15.6 Å². The van der Waals surface area contributed by atoms with Crippen molar-refractivity contribution in [2.45, 2.75) is 26.3 Å². The van der Waals surface area contributed by atoms with Gasteiger partial charge < -0.3 is 15.1 Å². The number of nitrogens with one attached hydrogen (secondary N) is 2. The van der Waals surface area contributed by atoms with E-state index in [4.69, 9.17) is 4.42 Å². The van der Waals surface area contributed by atoms with Crippen LogP contribution in [-0.4, -0.2) is 24.0 Å². The molecule has 3 aromatic heterocycles. The Kier molecular flexibility index (Phi) is 6.64. The van der Waals surface area contributed by atoms with E-state index in [0.29, 0.717) is 6.54 Å². The normalized spacial score (nSPS) is 11.6. The van der Waals surface area contributed by atoms with Crippen molar-refractivity contribution in [1.29, 1.82) is 0 Å². The van der Waals surface area contributed by atoms with Crippen LogP contribution in [-0.2, 0) is 19.4 Å². The number of nitrogens with zero attached hydrogens (tertiary/aromatic N) is 2. The zero-order valence-corrected chi connectivity index (χ0v) is 15.8. The molecule has 3 rings (SSSR count). The van der Waals surface area contributed by atoms with Crippen LogP contribution in [0.15, 0.2) is 51.5 Å². The van der Waals surface area contributed by atoms with Crippen LogP contribution in [0.25, 0.3) is 0 Å². The van der Waals surface area contributed by atoms with E-state index in [1.807, 2.05) is 18.3 Å². The molecule has 0 aliphatic heterocycles. The molecule has 0 radical (unpaired) electrons. The molecule has 0 amide bonds. The number of thiophene rings is 1. The molecule has 0 unspecified atom stereocenters. The van der Waals surface area contributed by atoms with E-state index < -0.39 is 0 Å². The van der Waals surface area contributed by atoms with Crippen molar-refractivity contribution in [2.75, 3.05) is 13.1 Å². The van der Waals surface area contributed by atoms with E-state index in [9.17, 15) is 0 Å². The third-order valence-corrected chi connectivity index (χ3v) is 5.36. The van der Waals surface area contributed by atoms with E-state index >= 15 is 0 Å². The molecule has 0 saturated carbocycles. The average Bonchev–Trinajstić information content (AvgIpc) is 3.35. The van der Waals surface area contributed by atoms with E-state index in [-0.39, 0.29) is 0 Å². The van der Waals surface area contributed by atoms with Gasteiger partial charge in [-0.05, 0) is 36.9 Å². The molecule has 3 aromatic rings. The molecule has 7 heteroatoms. The van der Waals surface area contributed by atoms with Crippen LogP contribution in [0.2, 0.25) is 0 Å². The molecular formula is C18H22N4OS2. The first-order valence-electron chi connectivity index (χ1n) is 8.28. The van der Waals surface area contributed by atoms with Crippen LogP contribution < -0.4 is 10.6 Å². The predicted octanol–water partition coefficient (Wildman–Crippen LogP) is 3.63. The average molecular weight is 375 g/mol. The first-order chi connectivity index (χ1) is 12.3. The van der Waals surface area contributed by atoms with Crippen LogP contribution in [0.4, 0.5) is 0 Å². The van der Waals surface area contributed by atoms with E-state index in [1.165, 1.54) is 9.75 Å². The van der Waals surface area contributed by atoms with Crippen LogP contribution in [0, 0.1) is 6.92 Å². The van der Waals surface area contributed by atoms with Gasteiger partial charge in [-0.25, -0.2) is 9.98 Å². The maximum Gasteiger partial charge on any atom is 0.191 e. The van der Waals surface area contributed by atoms with Gasteiger partial charge in [0.1, 0.15) is 10.8 Å². The number of hydrogen-bond donors (Lipinski definition) is 2. The first kappa shape index (κ1) is 17.7. The Balaban J connectivity index is 1.51. The maximum absolute atomic E-state index is 5.37. The highest BCUT2D eigenvalue weighted by atomic mass is 32.1. The SMILES string of the molecule is Cc1cnc(CN=C(NCCc2ccco2)NCCc2cccs2)s1. The van der Waals surface area contributed by atoms with Crippen molar-refractivity contribution >= 4 is 28.6 Å². The third-order valence-electron chi connectivity index (χ3n) is 3.53. The largest absolute Gasteiger partial charge is 0.469 e. The van der Waals surface area contributed by atoms with Crippen molar-refractivity contribution in [3.05, 3.63) is 62.6 Å². The fraction of sp³-hybridized carbons (Fsp3) is 0.333. The number of furan rings is 1. The number of aryl methyl sites for hydroxylation is 1. The lowest BCUT2D eigenvalue weighted by atomic mass is 10.3. The molecule has 0 fully saturated rings. The maximum atomic E-state index is 5.37. The molecule has 0 aliphatic carbocycles. The van der Waals surface area contributed by atoms with Crippen LogP contribution in [0.3, 0.4) is 0 Å². The number of aromatic nitrogens is 1. The number of hydrogen-bond acceptors (Lipinski definition) is 5. The van der Waals surface area contributed by atoms with Crippen LogP contribution >= 0.6 is 22.7 Å². The van der Waals surface area contributed by atoms with Gasteiger partial charge in [-0.3, -0.25) is 0 Å². The molecule has 0 aromatic carbocycles. The highest BCUT2D eigenvalue weighted by Crippen LogP contribution is 2.12. The number of guanidine groups is 1. The fourth-order valence-corrected chi connectivity index (χ4v) is 3.73. The molecule has 25 heavy (non-hydrogen) atoms. The monoisotopic (exact) mass is 374 g/mol. The van der Waals surface area contributed by atoms with Crippen molar-refractivity contribution < 1.29 is 4.42 Å². The number of rotatable bonds is 8. The summed E-state index contributed by atoms with van der Waals surface area (Å²) in [4.78, 5) is 11.6. The van der Waals surface area contributed by atoms with Gasteiger partial charge in [0.05, 0.1) is 12.8 Å². The first-order valence-corrected chi connectivity index (χ1v) is 9.97. The molecule has 0 atom stereocenters. The minimum Gasteiger partial charge on any atom is -0.469 e. The molecule has 132 valence electrons. The van der Waals surface area contributed by atoms with Crippen LogP contribution in [0.1, 0.15) is 20.5 Å². The lowest BCUT2D eigenvalue weighted by Gasteiger charge is -2.11. The Bertz CT molecular complexity index is 721. The Morgan fingerprint density at radius 1 is 1.20 bits per heavy atom. The van der Waals surface area contributed by atoms with Gasteiger partial charge in [0.25, 0.3) is 0 Å². The molecule has 0 saturated heterocycles. The topological polar surface area (TPSA) is 62.5 Å². The zero-order chi connectivity index (χ0) is 17.3. The summed E-state index contributed by atoms with van der Waals surface area (Å²) in [5, 5.41) is 9.92. The van der Waals surface area contributed by atoms with Gasteiger partial charge >= 0.3 is 0 Å². The summed E-state index contributed by atoms with van der Waals surface area (Å²) in [7, 11) is 0. The highest BCUT2D eigenvalue weighted by molar-refractivity contribution is 7.11. The fourth-order valence-electron chi connectivity index (χ4n) is 2.31. The second-order valence-corrected chi connectivity index (χ2v) is 7.89. The summed E-state index contributed by atoms with van der Waals surface area (Å²) in [6.45, 7) is 4.28. The number of thiazole rings is 1. The Hall–Kier alpha value is -2.12. The van der Waals surface area contributed by atoms with Crippen molar-refractivity contribution in [3.63, 3.8) is 0 Å². The van der Waals surface area contributed by atoms with E-state index in [0.717, 1.165) is 42.7 Å². The number of aliphatic imine (C=N–C) groups is 1. The second kappa shape index (κ2) is 9.39. The Morgan fingerprint density at radius 3 is 2.76 bits per heavy atom. The summed E-state index contributed by atoms with van der Waals surface area (Å²) < 4.78 is 5.37. The quantitative estimate of drug-likeness (QED) is 0.467. The lowest BCUT2D eigenvalue weighted by Crippen LogP contribution is -2.39. The molecule has 0 spiro atoms. The summed E-state index contributed by atoms with van der Waals surface area (Å²) in [6, 6.07) is 8.14. The van der Waals surface area contributed by atoms with Gasteiger partial charge in [-0.1, -0.05) is 6.07 Å². The molecule has 0 bridgehead atoms. The molecule has 5 nitrogen and oxygen atoms in total. The smallest absolute Gasteiger partial charge is 0.191 e. The Labute approximate surface area is 155 Å².